The molecule has 0 N–H and O–H groups in total. The van der Waals surface area contributed by atoms with E-state index in [2.05, 4.69) is 88.6 Å². The molecular weight excluding hydrogens is 801 g/mol. The number of fused-ring (bicyclic) bond motifs is 6. The van der Waals surface area contributed by atoms with Gasteiger partial charge in [-0.2, -0.15) is 0 Å². The number of benzene rings is 5. The van der Waals surface area contributed by atoms with Crippen LogP contribution in [-0.4, -0.2) is 38.0 Å². The first-order valence-electron chi connectivity index (χ1n) is 15.8. The number of rotatable bonds is 4. The van der Waals surface area contributed by atoms with E-state index in [1.54, 1.807) is 6.20 Å². The molecule has 0 spiro atoms. The average Bonchev–Trinajstić information content (AvgIpc) is 3.72. The zero-order valence-corrected chi connectivity index (χ0v) is 30.4. The van der Waals surface area contributed by atoms with E-state index in [-0.39, 0.29) is 20.1 Å². The Kier molecular flexibility index (Phi) is 8.73. The molecule has 7 nitrogen and oxygen atoms in total. The summed E-state index contributed by atoms with van der Waals surface area (Å²) in [7, 11) is -1.23. The maximum absolute atomic E-state index is 6.50. The second-order valence-corrected chi connectivity index (χ2v) is 17.6. The standard InChI is InChI=1S/C26H14N5O.C14H16NSi.Ir/c1-2-8-17(9-3-1)31-22-15-27-30-29-25(22)28-26(31)21-12-6-11-19-20-14-13-16-7-4-5-10-18(16)23(20)32-24(19)21;1-16(2,3)13-9-10-14(15-11-13)12-7-5-4-6-8-12;/h1-11,13-15H;4-7,9-11H,1-3H3;/q2*-1;. The van der Waals surface area contributed by atoms with Crippen molar-refractivity contribution in [1.29, 1.82) is 0 Å². The predicted molar refractivity (Wildman–Crippen MR) is 195 cm³/mol. The van der Waals surface area contributed by atoms with Crippen molar-refractivity contribution >= 4 is 57.1 Å². The summed E-state index contributed by atoms with van der Waals surface area (Å²) in [6, 6.07) is 45.3. The molecular formula is C40H30IrN6OSi-2. The summed E-state index contributed by atoms with van der Waals surface area (Å²) < 4.78 is 8.52. The van der Waals surface area contributed by atoms with Crippen LogP contribution >= 0.6 is 0 Å². The summed E-state index contributed by atoms with van der Waals surface area (Å²) in [6.07, 6.45) is 3.69. The van der Waals surface area contributed by atoms with Gasteiger partial charge < -0.3 is 14.0 Å². The molecule has 9 aromatic rings. The van der Waals surface area contributed by atoms with Crippen molar-refractivity contribution in [3.05, 3.63) is 140 Å². The van der Waals surface area contributed by atoms with Crippen LogP contribution in [0.25, 0.3) is 72.2 Å². The SMILES string of the molecule is C[Si](C)(C)c1ccc(-c2[c-]cccc2)nc1.[Ir].[c-]1ccc2c(oc3c4ccccc4ccc23)c1-c1nc2nnncc2n1-c1ccccc1. The van der Waals surface area contributed by atoms with Gasteiger partial charge in [0.2, 0.25) is 0 Å². The second-order valence-electron chi connectivity index (χ2n) is 12.6. The molecule has 0 bridgehead atoms. The molecule has 0 aliphatic carbocycles. The van der Waals surface area contributed by atoms with Crippen LogP contribution in [0.2, 0.25) is 19.6 Å². The third-order valence-electron chi connectivity index (χ3n) is 8.44. The van der Waals surface area contributed by atoms with Crippen molar-refractivity contribution in [2.75, 3.05) is 0 Å². The van der Waals surface area contributed by atoms with E-state index in [0.29, 0.717) is 11.5 Å². The number of hydrogen-bond donors (Lipinski definition) is 0. The molecule has 0 saturated carbocycles. The van der Waals surface area contributed by atoms with Crippen LogP contribution in [0.15, 0.2) is 132 Å². The van der Waals surface area contributed by atoms with Gasteiger partial charge in [0.1, 0.15) is 11.1 Å². The summed E-state index contributed by atoms with van der Waals surface area (Å²) in [5.74, 6) is 0.683. The van der Waals surface area contributed by atoms with Gasteiger partial charge in [0, 0.05) is 42.8 Å². The quantitative estimate of drug-likeness (QED) is 0.130. The van der Waals surface area contributed by atoms with E-state index in [1.165, 1.54) is 5.19 Å². The van der Waals surface area contributed by atoms with Crippen molar-refractivity contribution in [2.45, 2.75) is 19.6 Å². The number of furan rings is 1. The first kappa shape index (κ1) is 32.2. The average molecular weight is 831 g/mol. The van der Waals surface area contributed by atoms with Crippen LogP contribution in [0, 0.1) is 12.1 Å². The van der Waals surface area contributed by atoms with E-state index in [0.717, 1.165) is 60.7 Å². The monoisotopic (exact) mass is 831 g/mol. The second kappa shape index (κ2) is 13.3. The number of aromatic nitrogens is 6. The van der Waals surface area contributed by atoms with Crippen LogP contribution in [0.4, 0.5) is 0 Å². The molecule has 0 aliphatic heterocycles. The van der Waals surface area contributed by atoms with Crippen molar-refractivity contribution in [1.82, 2.24) is 29.9 Å². The van der Waals surface area contributed by atoms with Crippen LogP contribution in [0.5, 0.6) is 0 Å². The van der Waals surface area contributed by atoms with Crippen molar-refractivity contribution in [3.63, 3.8) is 0 Å². The summed E-state index contributed by atoms with van der Waals surface area (Å²) in [6.45, 7) is 7.00. The summed E-state index contributed by atoms with van der Waals surface area (Å²) >= 11 is 0. The normalized spacial score (nSPS) is 11.4. The molecule has 0 unspecified atom stereocenters. The Labute approximate surface area is 298 Å². The van der Waals surface area contributed by atoms with E-state index in [1.807, 2.05) is 89.6 Å². The van der Waals surface area contributed by atoms with Crippen molar-refractivity contribution in [2.24, 2.45) is 0 Å². The van der Waals surface area contributed by atoms with Gasteiger partial charge in [-0.1, -0.05) is 97.3 Å². The minimum atomic E-state index is -1.23. The molecule has 0 aliphatic rings. The number of imidazole rings is 1. The van der Waals surface area contributed by atoms with Gasteiger partial charge in [-0.25, -0.2) is 0 Å². The van der Waals surface area contributed by atoms with E-state index < -0.39 is 8.07 Å². The molecule has 4 aromatic heterocycles. The molecule has 49 heavy (non-hydrogen) atoms. The summed E-state index contributed by atoms with van der Waals surface area (Å²) in [5.41, 5.74) is 6.68. The van der Waals surface area contributed by atoms with Gasteiger partial charge >= 0.3 is 0 Å². The third-order valence-corrected chi connectivity index (χ3v) is 10.5. The minimum absolute atomic E-state index is 0. The number of hydrogen-bond acceptors (Lipinski definition) is 6. The van der Waals surface area contributed by atoms with Gasteiger partial charge in [-0.05, 0) is 33.6 Å². The van der Waals surface area contributed by atoms with Crippen LogP contribution in [0.3, 0.4) is 0 Å². The Balaban J connectivity index is 0.000000189. The van der Waals surface area contributed by atoms with Gasteiger partial charge in [0.15, 0.2) is 5.65 Å². The van der Waals surface area contributed by atoms with Gasteiger partial charge in [0.05, 0.1) is 25.7 Å². The fourth-order valence-corrected chi connectivity index (χ4v) is 6.99. The zero-order chi connectivity index (χ0) is 32.7. The van der Waals surface area contributed by atoms with Crippen molar-refractivity contribution < 1.29 is 24.5 Å². The molecule has 241 valence electrons. The summed E-state index contributed by atoms with van der Waals surface area (Å²) in [5, 5.41) is 17.6. The molecule has 0 fully saturated rings. The van der Waals surface area contributed by atoms with Crippen molar-refractivity contribution in [3.8, 4) is 28.3 Å². The van der Waals surface area contributed by atoms with E-state index in [9.17, 15) is 0 Å². The van der Waals surface area contributed by atoms with Gasteiger partial charge in [-0.15, -0.1) is 64.3 Å². The Morgan fingerprint density at radius 1 is 0.694 bits per heavy atom. The molecule has 0 amide bonds. The third kappa shape index (κ3) is 6.08. The maximum Gasteiger partial charge on any atom is 0.194 e. The zero-order valence-electron chi connectivity index (χ0n) is 27.0. The predicted octanol–water partition coefficient (Wildman–Crippen LogP) is 8.82. The van der Waals surface area contributed by atoms with Gasteiger partial charge in [0.25, 0.3) is 0 Å². The number of para-hydroxylation sites is 1. The fraction of sp³-hybridized carbons (Fsp3) is 0.0750. The first-order valence-corrected chi connectivity index (χ1v) is 19.3. The van der Waals surface area contributed by atoms with E-state index in [4.69, 9.17) is 9.40 Å². The topological polar surface area (TPSA) is 82.5 Å². The maximum atomic E-state index is 6.50. The molecule has 4 heterocycles. The number of pyridine rings is 1. The molecule has 9 rings (SSSR count). The van der Waals surface area contributed by atoms with Crippen LogP contribution < -0.4 is 5.19 Å². The fourth-order valence-electron chi connectivity index (χ4n) is 5.95. The summed E-state index contributed by atoms with van der Waals surface area (Å²) in [4.78, 5) is 9.32. The molecule has 0 saturated heterocycles. The largest absolute Gasteiger partial charge is 0.500 e. The smallest absolute Gasteiger partial charge is 0.194 e. The molecule has 5 aromatic carbocycles. The van der Waals surface area contributed by atoms with Crippen LogP contribution in [-0.2, 0) is 20.1 Å². The first-order chi connectivity index (χ1) is 23.5. The Morgan fingerprint density at radius 3 is 2.27 bits per heavy atom. The number of nitrogens with zero attached hydrogens (tertiary/aromatic N) is 6. The molecule has 9 heteroatoms. The van der Waals surface area contributed by atoms with Gasteiger partial charge in [-0.3, -0.25) is 4.98 Å². The molecule has 0 atom stereocenters. The van der Waals surface area contributed by atoms with E-state index >= 15 is 0 Å². The minimum Gasteiger partial charge on any atom is -0.500 e. The Hall–Kier alpha value is -5.34. The van der Waals surface area contributed by atoms with Crippen LogP contribution in [0.1, 0.15) is 0 Å². The Bertz CT molecular complexity index is 2540. The Morgan fingerprint density at radius 2 is 1.49 bits per heavy atom. The molecule has 1 radical (unpaired) electrons.